The first kappa shape index (κ1) is 22.5. The topological polar surface area (TPSA) is 84.5 Å². The molecule has 6 nitrogen and oxygen atoms in total. The van der Waals surface area contributed by atoms with Gasteiger partial charge in [-0.2, -0.15) is 0 Å². The first-order valence-corrected chi connectivity index (χ1v) is 11.3. The number of benzene rings is 2. The van der Waals surface area contributed by atoms with Crippen LogP contribution in [0.1, 0.15) is 20.8 Å². The van der Waals surface area contributed by atoms with Crippen molar-refractivity contribution in [1.29, 1.82) is 0 Å². The van der Waals surface area contributed by atoms with Crippen molar-refractivity contribution in [2.75, 3.05) is 12.4 Å². The van der Waals surface area contributed by atoms with Gasteiger partial charge in [0.1, 0.15) is 5.75 Å². The van der Waals surface area contributed by atoms with E-state index in [-0.39, 0.29) is 16.8 Å². The minimum Gasteiger partial charge on any atom is -0.495 e. The summed E-state index contributed by atoms with van der Waals surface area (Å²) in [7, 11) is -2.23. The van der Waals surface area contributed by atoms with Crippen LogP contribution in [-0.2, 0) is 14.8 Å². The zero-order valence-electron chi connectivity index (χ0n) is 16.0. The van der Waals surface area contributed by atoms with Crippen molar-refractivity contribution in [2.24, 2.45) is 0 Å². The van der Waals surface area contributed by atoms with Crippen molar-refractivity contribution < 1.29 is 17.9 Å². The Kier molecular flexibility index (Phi) is 7.77. The SMILES string of the molecule is COc1ccc(S(=O)(=O)NC(C)C)cc1NC(=O)C(C)Sc1ccc(Cl)cc1. The summed E-state index contributed by atoms with van der Waals surface area (Å²) in [6.07, 6.45) is 0. The van der Waals surface area contributed by atoms with Gasteiger partial charge in [0.05, 0.1) is 22.9 Å². The Labute approximate surface area is 175 Å². The molecule has 0 fully saturated rings. The molecule has 0 aliphatic carbocycles. The summed E-state index contributed by atoms with van der Waals surface area (Å²) in [5, 5.41) is 2.96. The number of carbonyl (C=O) groups is 1. The molecule has 28 heavy (non-hydrogen) atoms. The lowest BCUT2D eigenvalue weighted by Crippen LogP contribution is -2.30. The van der Waals surface area contributed by atoms with E-state index in [1.165, 1.54) is 37.1 Å². The van der Waals surface area contributed by atoms with Gasteiger partial charge in [-0.05, 0) is 63.2 Å². The van der Waals surface area contributed by atoms with E-state index >= 15 is 0 Å². The highest BCUT2D eigenvalue weighted by Crippen LogP contribution is 2.30. The molecule has 1 unspecified atom stereocenters. The molecule has 0 spiro atoms. The molecule has 0 aliphatic heterocycles. The molecule has 152 valence electrons. The molecule has 0 saturated heterocycles. The van der Waals surface area contributed by atoms with Gasteiger partial charge in [0.2, 0.25) is 15.9 Å². The standard InChI is InChI=1S/C19H23ClN2O4S2/c1-12(2)22-28(24,25)16-9-10-18(26-4)17(11-16)21-19(23)13(3)27-15-7-5-14(20)6-8-15/h5-13,22H,1-4H3,(H,21,23). The van der Waals surface area contributed by atoms with E-state index in [0.717, 1.165) is 4.90 Å². The number of rotatable bonds is 8. The smallest absolute Gasteiger partial charge is 0.240 e. The van der Waals surface area contributed by atoms with E-state index in [1.807, 2.05) is 12.1 Å². The fraction of sp³-hybridized carbons (Fsp3) is 0.316. The maximum absolute atomic E-state index is 12.6. The van der Waals surface area contributed by atoms with Crippen LogP contribution < -0.4 is 14.8 Å². The van der Waals surface area contributed by atoms with Gasteiger partial charge in [0.15, 0.2) is 0 Å². The monoisotopic (exact) mass is 442 g/mol. The van der Waals surface area contributed by atoms with Crippen molar-refractivity contribution in [1.82, 2.24) is 4.72 Å². The summed E-state index contributed by atoms with van der Waals surface area (Å²) >= 11 is 7.25. The van der Waals surface area contributed by atoms with Crippen molar-refractivity contribution in [3.63, 3.8) is 0 Å². The van der Waals surface area contributed by atoms with Crippen LogP contribution in [0.15, 0.2) is 52.3 Å². The van der Waals surface area contributed by atoms with Crippen molar-refractivity contribution in [3.8, 4) is 5.75 Å². The zero-order valence-corrected chi connectivity index (χ0v) is 18.4. The highest BCUT2D eigenvalue weighted by molar-refractivity contribution is 8.00. The molecule has 1 amide bonds. The molecule has 0 saturated carbocycles. The van der Waals surface area contributed by atoms with Crippen molar-refractivity contribution in [3.05, 3.63) is 47.5 Å². The molecule has 0 heterocycles. The van der Waals surface area contributed by atoms with Gasteiger partial charge >= 0.3 is 0 Å². The number of hydrogen-bond acceptors (Lipinski definition) is 5. The van der Waals surface area contributed by atoms with Crippen molar-refractivity contribution in [2.45, 2.75) is 41.9 Å². The number of halogens is 1. The number of anilines is 1. The van der Waals surface area contributed by atoms with E-state index in [1.54, 1.807) is 32.9 Å². The highest BCUT2D eigenvalue weighted by atomic mass is 35.5. The van der Waals surface area contributed by atoms with Crippen LogP contribution in [0.5, 0.6) is 5.75 Å². The Morgan fingerprint density at radius 3 is 2.32 bits per heavy atom. The minimum atomic E-state index is -3.69. The lowest BCUT2D eigenvalue weighted by Gasteiger charge is -2.16. The molecule has 0 aliphatic rings. The van der Waals surface area contributed by atoms with Gasteiger partial charge in [0, 0.05) is 16.0 Å². The van der Waals surface area contributed by atoms with E-state index in [0.29, 0.717) is 16.5 Å². The lowest BCUT2D eigenvalue weighted by molar-refractivity contribution is -0.115. The highest BCUT2D eigenvalue weighted by Gasteiger charge is 2.20. The number of amides is 1. The van der Waals surface area contributed by atoms with Crippen LogP contribution in [0, 0.1) is 0 Å². The average Bonchev–Trinajstić information content (AvgIpc) is 2.62. The van der Waals surface area contributed by atoms with Gasteiger partial charge in [0.25, 0.3) is 0 Å². The molecule has 0 radical (unpaired) electrons. The molecule has 9 heteroatoms. The normalized spacial score (nSPS) is 12.6. The number of nitrogens with one attached hydrogen (secondary N) is 2. The predicted octanol–water partition coefficient (Wildman–Crippen LogP) is 4.15. The first-order chi connectivity index (χ1) is 13.1. The summed E-state index contributed by atoms with van der Waals surface area (Å²) in [4.78, 5) is 13.6. The van der Waals surface area contributed by atoms with Gasteiger partial charge in [-0.15, -0.1) is 11.8 Å². The predicted molar refractivity (Wildman–Crippen MR) is 114 cm³/mol. The summed E-state index contributed by atoms with van der Waals surface area (Å²) in [5.41, 5.74) is 0.294. The molecule has 1 atom stereocenters. The molecule has 2 aromatic carbocycles. The third kappa shape index (κ3) is 6.13. The van der Waals surface area contributed by atoms with Gasteiger partial charge < -0.3 is 10.1 Å². The second kappa shape index (κ2) is 9.65. The third-order valence-electron chi connectivity index (χ3n) is 3.63. The quantitative estimate of drug-likeness (QED) is 0.600. The van der Waals surface area contributed by atoms with E-state index in [9.17, 15) is 13.2 Å². The fourth-order valence-electron chi connectivity index (χ4n) is 2.34. The van der Waals surface area contributed by atoms with Crippen LogP contribution in [0.3, 0.4) is 0 Å². The van der Waals surface area contributed by atoms with E-state index in [2.05, 4.69) is 10.0 Å². The van der Waals surface area contributed by atoms with Crippen LogP contribution in [0.2, 0.25) is 5.02 Å². The molecule has 0 aromatic heterocycles. The Morgan fingerprint density at radius 1 is 1.11 bits per heavy atom. The second-order valence-electron chi connectivity index (χ2n) is 6.34. The summed E-state index contributed by atoms with van der Waals surface area (Å²) in [6.45, 7) is 5.24. The van der Waals surface area contributed by atoms with Gasteiger partial charge in [-0.3, -0.25) is 4.79 Å². The summed E-state index contributed by atoms with van der Waals surface area (Å²) < 4.78 is 32.6. The van der Waals surface area contributed by atoms with Gasteiger partial charge in [-0.25, -0.2) is 13.1 Å². The van der Waals surface area contributed by atoms with Crippen LogP contribution in [0.4, 0.5) is 5.69 Å². The summed E-state index contributed by atoms with van der Waals surface area (Å²) in [5.74, 6) is 0.102. The van der Waals surface area contributed by atoms with Crippen LogP contribution in [-0.4, -0.2) is 32.7 Å². The molecule has 2 N–H and O–H groups in total. The maximum Gasteiger partial charge on any atom is 0.240 e. The number of carbonyl (C=O) groups excluding carboxylic acids is 1. The number of ether oxygens (including phenoxy) is 1. The first-order valence-electron chi connectivity index (χ1n) is 8.56. The number of methoxy groups -OCH3 is 1. The van der Waals surface area contributed by atoms with Crippen molar-refractivity contribution >= 4 is 45.0 Å². The number of hydrogen-bond donors (Lipinski definition) is 2. The molecular formula is C19H23ClN2O4S2. The largest absolute Gasteiger partial charge is 0.495 e. The number of thioether (sulfide) groups is 1. The van der Waals surface area contributed by atoms with Crippen LogP contribution >= 0.6 is 23.4 Å². The molecule has 2 rings (SSSR count). The van der Waals surface area contributed by atoms with E-state index < -0.39 is 15.3 Å². The Hall–Kier alpha value is -1.74. The summed E-state index contributed by atoms with van der Waals surface area (Å²) in [6, 6.07) is 11.3. The zero-order chi connectivity index (χ0) is 20.9. The second-order valence-corrected chi connectivity index (χ2v) is 9.91. The van der Waals surface area contributed by atoms with Gasteiger partial charge in [-0.1, -0.05) is 11.6 Å². The molecule has 0 bridgehead atoms. The maximum atomic E-state index is 12.6. The Balaban J connectivity index is 2.20. The molecule has 2 aromatic rings. The lowest BCUT2D eigenvalue weighted by atomic mass is 10.3. The number of sulfonamides is 1. The third-order valence-corrected chi connectivity index (χ3v) is 6.65. The minimum absolute atomic E-state index is 0.0512. The van der Waals surface area contributed by atoms with E-state index in [4.69, 9.17) is 16.3 Å². The Morgan fingerprint density at radius 2 is 1.75 bits per heavy atom. The average molecular weight is 443 g/mol. The Bertz CT molecular complexity index is 931. The fourth-order valence-corrected chi connectivity index (χ4v) is 4.61. The molecular weight excluding hydrogens is 420 g/mol. The van der Waals surface area contributed by atoms with Crippen LogP contribution in [0.25, 0.3) is 0 Å².